The number of rotatable bonds is 7. The van der Waals surface area contributed by atoms with Gasteiger partial charge >= 0.3 is 0 Å². The number of methoxy groups -OCH3 is 1. The van der Waals surface area contributed by atoms with Crippen molar-refractivity contribution in [3.8, 4) is 5.75 Å². The van der Waals surface area contributed by atoms with Crippen molar-refractivity contribution in [1.82, 2.24) is 0 Å². The fourth-order valence-electron chi connectivity index (χ4n) is 10.6. The molecule has 0 spiro atoms. The van der Waals surface area contributed by atoms with E-state index in [4.69, 9.17) is 4.74 Å². The fraction of sp³-hybridized carbons (Fsp3) is 0.818. The fourth-order valence-corrected chi connectivity index (χ4v) is 10.6. The summed E-state index contributed by atoms with van der Waals surface area (Å²) in [6, 6.07) is 7.85. The molecule has 4 fully saturated rings. The van der Waals surface area contributed by atoms with Crippen molar-refractivity contribution in [3.05, 3.63) is 29.8 Å². The minimum Gasteiger partial charge on any atom is -0.496 e. The maximum atomic E-state index is 10.9. The molecule has 3 N–H and O–H groups in total. The first-order chi connectivity index (χ1) is 17.6. The molecule has 0 amide bonds. The van der Waals surface area contributed by atoms with Gasteiger partial charge in [-0.05, 0) is 110 Å². The van der Waals surface area contributed by atoms with Crippen LogP contribution in [0.5, 0.6) is 5.75 Å². The number of fused-ring (bicyclic) bond motifs is 5. The zero-order chi connectivity index (χ0) is 26.5. The van der Waals surface area contributed by atoms with Gasteiger partial charge in [-0.3, -0.25) is 0 Å². The maximum Gasteiger partial charge on any atom is 0.124 e. The molecule has 0 heterocycles. The summed E-state index contributed by atoms with van der Waals surface area (Å²) in [5.41, 5.74) is 1.49. The van der Waals surface area contributed by atoms with E-state index in [2.05, 4.69) is 27.7 Å². The van der Waals surface area contributed by atoms with Gasteiger partial charge in [0, 0.05) is 5.56 Å². The Morgan fingerprint density at radius 1 is 0.946 bits per heavy atom. The summed E-state index contributed by atoms with van der Waals surface area (Å²) in [7, 11) is 1.67. The van der Waals surface area contributed by atoms with Gasteiger partial charge in [0.15, 0.2) is 0 Å². The van der Waals surface area contributed by atoms with Crippen LogP contribution in [0.4, 0.5) is 0 Å². The Bertz CT molecular complexity index is 933. The first-order valence-electron chi connectivity index (χ1n) is 15.3. The van der Waals surface area contributed by atoms with E-state index in [-0.39, 0.29) is 11.3 Å². The Kier molecular flexibility index (Phi) is 7.77. The van der Waals surface area contributed by atoms with Crippen LogP contribution >= 0.6 is 0 Å². The van der Waals surface area contributed by atoms with Crippen molar-refractivity contribution in [2.45, 2.75) is 110 Å². The van der Waals surface area contributed by atoms with Crippen LogP contribution < -0.4 is 4.74 Å². The van der Waals surface area contributed by atoms with Gasteiger partial charge in [0.25, 0.3) is 0 Å². The molecule has 0 aliphatic heterocycles. The van der Waals surface area contributed by atoms with Crippen molar-refractivity contribution in [1.29, 1.82) is 0 Å². The Balaban J connectivity index is 1.24. The first kappa shape index (κ1) is 27.5. The van der Waals surface area contributed by atoms with Crippen molar-refractivity contribution in [2.75, 3.05) is 7.11 Å². The summed E-state index contributed by atoms with van der Waals surface area (Å²) in [5.74, 6) is 5.32. The smallest absolute Gasteiger partial charge is 0.124 e. The van der Waals surface area contributed by atoms with E-state index in [1.165, 1.54) is 32.1 Å². The van der Waals surface area contributed by atoms with E-state index < -0.39 is 18.3 Å². The van der Waals surface area contributed by atoms with Gasteiger partial charge in [0.05, 0.1) is 25.4 Å². The normalized spacial score (nSPS) is 44.9. The summed E-state index contributed by atoms with van der Waals surface area (Å²) in [5, 5.41) is 32.2. The number of hydrogen-bond donors (Lipinski definition) is 3. The Hall–Kier alpha value is -1.10. The lowest BCUT2D eigenvalue weighted by atomic mass is 9.42. The summed E-state index contributed by atoms with van der Waals surface area (Å²) in [6.07, 6.45) is 9.65. The highest BCUT2D eigenvalue weighted by atomic mass is 16.5. The van der Waals surface area contributed by atoms with Gasteiger partial charge in [-0.25, -0.2) is 0 Å². The molecule has 0 radical (unpaired) electrons. The van der Waals surface area contributed by atoms with Crippen molar-refractivity contribution in [2.24, 2.45) is 52.3 Å². The van der Waals surface area contributed by atoms with Crippen LogP contribution in [0.25, 0.3) is 0 Å². The summed E-state index contributed by atoms with van der Waals surface area (Å²) in [6.45, 7) is 10.0. The molecule has 0 aromatic heterocycles. The first-order valence-corrected chi connectivity index (χ1v) is 15.3. The van der Waals surface area contributed by atoms with E-state index in [9.17, 15) is 15.3 Å². The molecule has 4 heteroatoms. The van der Waals surface area contributed by atoms with Crippen LogP contribution in [0.1, 0.15) is 104 Å². The molecule has 2 unspecified atom stereocenters. The lowest BCUT2D eigenvalue weighted by molar-refractivity contribution is -0.190. The van der Waals surface area contributed by atoms with Gasteiger partial charge in [-0.2, -0.15) is 0 Å². The second-order valence-electron chi connectivity index (χ2n) is 14.1. The minimum absolute atomic E-state index is 0.176. The monoisotopic (exact) mass is 512 g/mol. The molecule has 5 rings (SSSR count). The maximum absolute atomic E-state index is 10.9. The lowest BCUT2D eigenvalue weighted by Gasteiger charge is -2.64. The number of aliphatic hydroxyl groups is 3. The van der Waals surface area contributed by atoms with Gasteiger partial charge in [-0.15, -0.1) is 0 Å². The van der Waals surface area contributed by atoms with Crippen LogP contribution in [-0.2, 0) is 0 Å². The SMILES string of the molecule is COc1ccccc1C(O)CCC[C@@H](C)[C@H]1CC[C@H]2[C@@H]3C(C)C[C@H]4[C@@H](O)[C@@H](O)CC[C@]4(C)[C@H]3CC[C@]12C. The molecule has 1 aromatic rings. The van der Waals surface area contributed by atoms with Crippen LogP contribution in [0, 0.1) is 52.3 Å². The van der Waals surface area contributed by atoms with E-state index >= 15 is 0 Å². The Morgan fingerprint density at radius 2 is 1.65 bits per heavy atom. The second kappa shape index (κ2) is 10.5. The molecule has 4 nitrogen and oxygen atoms in total. The number of aliphatic hydroxyl groups excluding tert-OH is 3. The summed E-state index contributed by atoms with van der Waals surface area (Å²) < 4.78 is 5.46. The molecule has 0 bridgehead atoms. The molecule has 4 aliphatic rings. The van der Waals surface area contributed by atoms with Crippen LogP contribution in [0.2, 0.25) is 0 Å². The molecule has 37 heavy (non-hydrogen) atoms. The van der Waals surface area contributed by atoms with Crippen molar-refractivity contribution < 1.29 is 20.1 Å². The highest BCUT2D eigenvalue weighted by Crippen LogP contribution is 2.69. The quantitative estimate of drug-likeness (QED) is 0.377. The van der Waals surface area contributed by atoms with E-state index in [0.717, 1.165) is 61.2 Å². The van der Waals surface area contributed by atoms with Gasteiger partial charge in [-0.1, -0.05) is 58.7 Å². The molecule has 1 aromatic carbocycles. The second-order valence-corrected chi connectivity index (χ2v) is 14.1. The average molecular weight is 513 g/mol. The standard InChI is InChI=1S/C33H52O4/c1-20(9-8-11-27(34)22-10-6-7-12-29(22)37-5)23-13-14-24-30-21(2)19-26-31(36)28(35)16-18-33(26,4)25(30)15-17-32(23,24)3/h6-7,10,12,20-21,23-28,30-31,34-36H,8-9,11,13-19H2,1-5H3/t20-,21?,23-,24+,25+,26+,27?,28+,30+,31-,32-,33-/m1/s1. The molecule has 0 saturated heterocycles. The topological polar surface area (TPSA) is 69.9 Å². The van der Waals surface area contributed by atoms with Gasteiger partial charge in [0.2, 0.25) is 0 Å². The third kappa shape index (κ3) is 4.57. The highest BCUT2D eigenvalue weighted by molar-refractivity contribution is 5.34. The summed E-state index contributed by atoms with van der Waals surface area (Å²) >= 11 is 0. The molecule has 208 valence electrons. The van der Waals surface area contributed by atoms with E-state index in [1.54, 1.807) is 7.11 Å². The Labute approximate surface area is 225 Å². The highest BCUT2D eigenvalue weighted by Gasteiger charge is 2.63. The summed E-state index contributed by atoms with van der Waals surface area (Å²) in [4.78, 5) is 0. The van der Waals surface area contributed by atoms with Crippen LogP contribution in [0.3, 0.4) is 0 Å². The minimum atomic E-state index is -0.544. The molecular weight excluding hydrogens is 460 g/mol. The largest absolute Gasteiger partial charge is 0.496 e. The van der Waals surface area contributed by atoms with Crippen molar-refractivity contribution >= 4 is 0 Å². The van der Waals surface area contributed by atoms with Crippen LogP contribution in [-0.4, -0.2) is 34.6 Å². The molecule has 4 aliphatic carbocycles. The zero-order valence-electron chi connectivity index (χ0n) is 23.9. The molecular formula is C33H52O4. The number of para-hydroxylation sites is 1. The van der Waals surface area contributed by atoms with Crippen molar-refractivity contribution in [3.63, 3.8) is 0 Å². The number of benzene rings is 1. The third-order valence-electron chi connectivity index (χ3n) is 12.5. The Morgan fingerprint density at radius 3 is 2.41 bits per heavy atom. The third-order valence-corrected chi connectivity index (χ3v) is 12.5. The average Bonchev–Trinajstić information content (AvgIpc) is 3.24. The lowest BCUT2D eigenvalue weighted by Crippen LogP contribution is -2.60. The predicted molar refractivity (Wildman–Crippen MR) is 148 cm³/mol. The number of ether oxygens (including phenoxy) is 1. The van der Waals surface area contributed by atoms with E-state index in [0.29, 0.717) is 23.2 Å². The molecule has 12 atom stereocenters. The van der Waals surface area contributed by atoms with Crippen LogP contribution in [0.15, 0.2) is 24.3 Å². The zero-order valence-corrected chi connectivity index (χ0v) is 23.9. The number of hydrogen-bond acceptors (Lipinski definition) is 4. The predicted octanol–water partition coefficient (Wildman–Crippen LogP) is 6.77. The molecule has 4 saturated carbocycles. The van der Waals surface area contributed by atoms with Gasteiger partial charge in [0.1, 0.15) is 5.75 Å². The van der Waals surface area contributed by atoms with E-state index in [1.807, 2.05) is 24.3 Å². The van der Waals surface area contributed by atoms with Gasteiger partial charge < -0.3 is 20.1 Å².